The Bertz CT molecular complexity index is 968. The summed E-state index contributed by atoms with van der Waals surface area (Å²) in [5.41, 5.74) is 1.99. The van der Waals surface area contributed by atoms with Gasteiger partial charge in [0.2, 0.25) is 3.79 Å². The van der Waals surface area contributed by atoms with E-state index in [1.807, 2.05) is 36.4 Å². The van der Waals surface area contributed by atoms with Gasteiger partial charge >= 0.3 is 0 Å². The molecule has 3 heteroatoms. The van der Waals surface area contributed by atoms with E-state index >= 15 is 0 Å². The Hall–Kier alpha value is -1.73. The smallest absolute Gasteiger partial charge is 0.0826 e. The summed E-state index contributed by atoms with van der Waals surface area (Å²) in [6, 6.07) is 28.9. The van der Waals surface area contributed by atoms with Gasteiger partial charge in [-0.05, 0) is 32.7 Å². The molecule has 4 aromatic carbocycles. The molecular formula is C22H15Cl3. The van der Waals surface area contributed by atoms with Crippen LogP contribution in [0.4, 0.5) is 0 Å². The van der Waals surface area contributed by atoms with Gasteiger partial charge < -0.3 is 0 Å². The number of benzene rings is 4. The molecule has 0 radical (unpaired) electrons. The molecule has 0 aliphatic carbocycles. The van der Waals surface area contributed by atoms with Crippen LogP contribution in [0.25, 0.3) is 21.5 Å². The van der Waals surface area contributed by atoms with Crippen LogP contribution in [-0.4, -0.2) is 3.79 Å². The van der Waals surface area contributed by atoms with Gasteiger partial charge in [0.25, 0.3) is 0 Å². The van der Waals surface area contributed by atoms with Crippen LogP contribution in [0.1, 0.15) is 17.0 Å². The van der Waals surface area contributed by atoms with Gasteiger partial charge in [0.1, 0.15) is 0 Å². The van der Waals surface area contributed by atoms with Crippen LogP contribution < -0.4 is 0 Å². The molecule has 0 amide bonds. The van der Waals surface area contributed by atoms with E-state index in [0.29, 0.717) is 0 Å². The molecule has 0 aliphatic heterocycles. The minimum Gasteiger partial charge on any atom is -0.0826 e. The summed E-state index contributed by atoms with van der Waals surface area (Å²) in [6.07, 6.45) is 0. The zero-order valence-corrected chi connectivity index (χ0v) is 15.6. The molecule has 4 aromatic rings. The van der Waals surface area contributed by atoms with Gasteiger partial charge in [0.05, 0.1) is 5.92 Å². The third-order valence-electron chi connectivity index (χ3n) is 4.54. The molecule has 0 spiro atoms. The van der Waals surface area contributed by atoms with E-state index in [1.165, 1.54) is 10.8 Å². The molecule has 124 valence electrons. The van der Waals surface area contributed by atoms with Crippen LogP contribution in [0.15, 0.2) is 84.9 Å². The standard InChI is InChI=1S/C22H15Cl3/c23-22(24,25)21(19-11-9-15-5-1-3-7-17(15)13-19)20-12-10-16-6-2-4-8-18(16)14-20/h1-14,21H. The normalized spacial score (nSPS) is 12.2. The zero-order chi connectivity index (χ0) is 17.4. The van der Waals surface area contributed by atoms with Crippen molar-refractivity contribution in [2.45, 2.75) is 9.71 Å². The third kappa shape index (κ3) is 3.35. The molecule has 0 atom stereocenters. The molecule has 0 saturated heterocycles. The first kappa shape index (κ1) is 16.7. The summed E-state index contributed by atoms with van der Waals surface area (Å²) in [5, 5.41) is 4.63. The average Bonchev–Trinajstić information content (AvgIpc) is 2.60. The van der Waals surface area contributed by atoms with Crippen molar-refractivity contribution in [2.24, 2.45) is 0 Å². The number of fused-ring (bicyclic) bond motifs is 2. The van der Waals surface area contributed by atoms with Crippen molar-refractivity contribution in [3.05, 3.63) is 96.1 Å². The van der Waals surface area contributed by atoms with Gasteiger partial charge in [-0.1, -0.05) is 120 Å². The lowest BCUT2D eigenvalue weighted by Gasteiger charge is -2.26. The highest BCUT2D eigenvalue weighted by molar-refractivity contribution is 6.68. The van der Waals surface area contributed by atoms with Crippen LogP contribution in [-0.2, 0) is 0 Å². The first-order chi connectivity index (χ1) is 12.0. The second kappa shape index (κ2) is 6.53. The van der Waals surface area contributed by atoms with Gasteiger partial charge in [0, 0.05) is 0 Å². The number of hydrogen-bond donors (Lipinski definition) is 0. The lowest BCUT2D eigenvalue weighted by atomic mass is 9.89. The lowest BCUT2D eigenvalue weighted by Crippen LogP contribution is -2.18. The first-order valence-corrected chi connectivity index (χ1v) is 9.20. The predicted molar refractivity (Wildman–Crippen MR) is 110 cm³/mol. The molecule has 0 N–H and O–H groups in total. The van der Waals surface area contributed by atoms with E-state index in [0.717, 1.165) is 21.9 Å². The quantitative estimate of drug-likeness (QED) is 0.313. The lowest BCUT2D eigenvalue weighted by molar-refractivity contribution is 0.842. The topological polar surface area (TPSA) is 0 Å². The van der Waals surface area contributed by atoms with Crippen LogP contribution >= 0.6 is 34.8 Å². The van der Waals surface area contributed by atoms with Crippen molar-refractivity contribution >= 4 is 56.3 Å². The highest BCUT2D eigenvalue weighted by atomic mass is 35.6. The molecule has 0 saturated carbocycles. The van der Waals surface area contributed by atoms with Crippen molar-refractivity contribution in [1.82, 2.24) is 0 Å². The largest absolute Gasteiger partial charge is 0.201 e. The monoisotopic (exact) mass is 384 g/mol. The summed E-state index contributed by atoms with van der Waals surface area (Å²) in [5.74, 6) is -0.341. The molecule has 0 aromatic heterocycles. The Balaban J connectivity index is 1.89. The van der Waals surface area contributed by atoms with Crippen molar-refractivity contribution < 1.29 is 0 Å². The fourth-order valence-corrected chi connectivity index (χ4v) is 4.10. The minimum absolute atomic E-state index is 0.341. The summed E-state index contributed by atoms with van der Waals surface area (Å²) >= 11 is 19.2. The Morgan fingerprint density at radius 2 is 0.920 bits per heavy atom. The van der Waals surface area contributed by atoms with Crippen molar-refractivity contribution in [3.63, 3.8) is 0 Å². The second-order valence-electron chi connectivity index (χ2n) is 6.19. The molecule has 0 fully saturated rings. The van der Waals surface area contributed by atoms with E-state index < -0.39 is 3.79 Å². The maximum absolute atomic E-state index is 6.40. The number of alkyl halides is 3. The molecule has 4 rings (SSSR count). The number of hydrogen-bond acceptors (Lipinski definition) is 0. The Morgan fingerprint density at radius 3 is 1.32 bits per heavy atom. The summed E-state index contributed by atoms with van der Waals surface area (Å²) in [4.78, 5) is 0. The highest BCUT2D eigenvalue weighted by Gasteiger charge is 2.35. The average molecular weight is 386 g/mol. The fourth-order valence-electron chi connectivity index (χ4n) is 3.35. The van der Waals surface area contributed by atoms with Gasteiger partial charge in [-0.3, -0.25) is 0 Å². The minimum atomic E-state index is -1.44. The van der Waals surface area contributed by atoms with Crippen LogP contribution in [0.5, 0.6) is 0 Å². The van der Waals surface area contributed by atoms with E-state index in [4.69, 9.17) is 34.8 Å². The third-order valence-corrected chi connectivity index (χ3v) is 5.20. The SMILES string of the molecule is ClC(Cl)(Cl)C(c1ccc2ccccc2c1)c1ccc2ccccc2c1. The molecule has 0 bridgehead atoms. The summed E-state index contributed by atoms with van der Waals surface area (Å²) < 4.78 is -1.44. The van der Waals surface area contributed by atoms with Crippen LogP contribution in [0.2, 0.25) is 0 Å². The predicted octanol–water partition coefficient (Wildman–Crippen LogP) is 7.50. The summed E-state index contributed by atoms with van der Waals surface area (Å²) in [6.45, 7) is 0. The van der Waals surface area contributed by atoms with Gasteiger partial charge in [-0.2, -0.15) is 0 Å². The maximum atomic E-state index is 6.40. The van der Waals surface area contributed by atoms with Gasteiger partial charge in [-0.15, -0.1) is 0 Å². The molecule has 0 unspecified atom stereocenters. The van der Waals surface area contributed by atoms with E-state index in [1.54, 1.807) is 0 Å². The van der Waals surface area contributed by atoms with E-state index in [-0.39, 0.29) is 5.92 Å². The highest BCUT2D eigenvalue weighted by Crippen LogP contribution is 2.46. The second-order valence-corrected chi connectivity index (χ2v) is 8.56. The number of halogens is 3. The van der Waals surface area contributed by atoms with Crippen molar-refractivity contribution in [1.29, 1.82) is 0 Å². The maximum Gasteiger partial charge on any atom is 0.201 e. The first-order valence-electron chi connectivity index (χ1n) is 8.06. The van der Waals surface area contributed by atoms with E-state index in [9.17, 15) is 0 Å². The Labute approximate surface area is 161 Å². The van der Waals surface area contributed by atoms with Crippen molar-refractivity contribution in [3.8, 4) is 0 Å². The van der Waals surface area contributed by atoms with Gasteiger partial charge in [0.15, 0.2) is 0 Å². The molecule has 25 heavy (non-hydrogen) atoms. The van der Waals surface area contributed by atoms with Gasteiger partial charge in [-0.25, -0.2) is 0 Å². The molecule has 0 nitrogen and oxygen atoms in total. The molecule has 0 heterocycles. The Kier molecular flexibility index (Phi) is 4.37. The van der Waals surface area contributed by atoms with Crippen LogP contribution in [0.3, 0.4) is 0 Å². The zero-order valence-electron chi connectivity index (χ0n) is 13.3. The molecular weight excluding hydrogens is 371 g/mol. The summed E-state index contributed by atoms with van der Waals surface area (Å²) in [7, 11) is 0. The Morgan fingerprint density at radius 1 is 0.520 bits per heavy atom. The van der Waals surface area contributed by atoms with E-state index in [2.05, 4.69) is 48.5 Å². The van der Waals surface area contributed by atoms with Crippen molar-refractivity contribution in [2.75, 3.05) is 0 Å². The fraction of sp³-hybridized carbons (Fsp3) is 0.0909. The number of rotatable bonds is 2. The van der Waals surface area contributed by atoms with Crippen LogP contribution in [0, 0.1) is 0 Å². The molecule has 0 aliphatic rings.